The van der Waals surface area contributed by atoms with Gasteiger partial charge in [-0.05, 0) is 25.1 Å². The Labute approximate surface area is 111 Å². The highest BCUT2D eigenvalue weighted by atomic mass is 16.3. The van der Waals surface area contributed by atoms with E-state index in [-0.39, 0.29) is 18.6 Å². The summed E-state index contributed by atoms with van der Waals surface area (Å²) in [6.07, 6.45) is 1.59. The summed E-state index contributed by atoms with van der Waals surface area (Å²) < 4.78 is 1.60. The number of benzene rings is 1. The lowest BCUT2D eigenvalue weighted by atomic mass is 10.1. The van der Waals surface area contributed by atoms with Crippen LogP contribution in [0.3, 0.4) is 0 Å². The summed E-state index contributed by atoms with van der Waals surface area (Å²) in [6, 6.07) is 9.29. The third-order valence-corrected chi connectivity index (χ3v) is 3.43. The molecule has 0 bridgehead atoms. The molecule has 5 heteroatoms. The fourth-order valence-corrected chi connectivity index (χ4v) is 2.37. The van der Waals surface area contributed by atoms with Gasteiger partial charge in [0.2, 0.25) is 0 Å². The Kier molecular flexibility index (Phi) is 2.83. The van der Waals surface area contributed by atoms with Gasteiger partial charge in [0.25, 0.3) is 5.91 Å². The number of aliphatic hydroxyl groups is 1. The molecule has 2 aromatic rings. The van der Waals surface area contributed by atoms with E-state index in [1.54, 1.807) is 21.8 Å². The summed E-state index contributed by atoms with van der Waals surface area (Å²) in [5.74, 6) is -0.0777. The van der Waals surface area contributed by atoms with Gasteiger partial charge in [-0.15, -0.1) is 0 Å². The van der Waals surface area contributed by atoms with Crippen LogP contribution in [0.5, 0.6) is 0 Å². The molecule has 98 valence electrons. The highest BCUT2D eigenvalue weighted by Gasteiger charge is 2.32. The van der Waals surface area contributed by atoms with Crippen molar-refractivity contribution < 1.29 is 9.90 Å². The number of aryl methyl sites for hydroxylation is 1. The zero-order valence-corrected chi connectivity index (χ0v) is 10.7. The standard InChI is InChI=1S/C14H15N3O2/c1-10-2-4-11(5-3-10)16-8-12(9-18)17-13(14(16)19)6-7-15-17/h2-7,12,18H,8-9H2,1H3. The van der Waals surface area contributed by atoms with Gasteiger partial charge in [0, 0.05) is 11.9 Å². The molecule has 1 N–H and O–H groups in total. The summed E-state index contributed by atoms with van der Waals surface area (Å²) >= 11 is 0. The van der Waals surface area contributed by atoms with Crippen LogP contribution in [0.4, 0.5) is 5.69 Å². The van der Waals surface area contributed by atoms with E-state index in [0.29, 0.717) is 12.2 Å². The van der Waals surface area contributed by atoms with E-state index in [2.05, 4.69) is 5.10 Å². The normalized spacial score (nSPS) is 18.5. The van der Waals surface area contributed by atoms with E-state index in [0.717, 1.165) is 11.3 Å². The highest BCUT2D eigenvalue weighted by Crippen LogP contribution is 2.25. The number of hydrogen-bond donors (Lipinski definition) is 1. The van der Waals surface area contributed by atoms with Gasteiger partial charge < -0.3 is 10.0 Å². The zero-order valence-electron chi connectivity index (χ0n) is 10.7. The highest BCUT2D eigenvalue weighted by molar-refractivity contribution is 6.05. The molecule has 1 atom stereocenters. The van der Waals surface area contributed by atoms with Crippen LogP contribution in [0, 0.1) is 6.92 Å². The van der Waals surface area contributed by atoms with Crippen molar-refractivity contribution in [3.8, 4) is 0 Å². The zero-order chi connectivity index (χ0) is 13.4. The first-order valence-electron chi connectivity index (χ1n) is 6.23. The Hall–Kier alpha value is -2.14. The molecule has 19 heavy (non-hydrogen) atoms. The molecule has 0 radical (unpaired) electrons. The van der Waals surface area contributed by atoms with Gasteiger partial charge in [-0.2, -0.15) is 5.10 Å². The fraction of sp³-hybridized carbons (Fsp3) is 0.286. The Morgan fingerprint density at radius 3 is 2.74 bits per heavy atom. The lowest BCUT2D eigenvalue weighted by Gasteiger charge is -2.32. The molecule has 0 spiro atoms. The third-order valence-electron chi connectivity index (χ3n) is 3.43. The minimum Gasteiger partial charge on any atom is -0.394 e. The SMILES string of the molecule is Cc1ccc(N2CC(CO)n3nccc3C2=O)cc1. The Morgan fingerprint density at radius 2 is 2.05 bits per heavy atom. The van der Waals surface area contributed by atoms with Crippen molar-refractivity contribution >= 4 is 11.6 Å². The molecule has 1 aromatic carbocycles. The first-order chi connectivity index (χ1) is 9.20. The van der Waals surface area contributed by atoms with Crippen LogP contribution in [-0.2, 0) is 0 Å². The van der Waals surface area contributed by atoms with Crippen molar-refractivity contribution in [3.63, 3.8) is 0 Å². The minimum absolute atomic E-state index is 0.0374. The lowest BCUT2D eigenvalue weighted by Crippen LogP contribution is -2.44. The van der Waals surface area contributed by atoms with Crippen LogP contribution in [0.1, 0.15) is 22.1 Å². The summed E-state index contributed by atoms with van der Waals surface area (Å²) in [5.41, 5.74) is 2.52. The topological polar surface area (TPSA) is 58.4 Å². The molecule has 0 saturated heterocycles. The largest absolute Gasteiger partial charge is 0.394 e. The minimum atomic E-state index is -0.191. The molecule has 1 aromatic heterocycles. The molecule has 3 rings (SSSR count). The molecular weight excluding hydrogens is 242 g/mol. The molecule has 1 unspecified atom stereocenters. The average molecular weight is 257 g/mol. The number of aliphatic hydroxyl groups excluding tert-OH is 1. The summed E-state index contributed by atoms with van der Waals surface area (Å²) in [6.45, 7) is 2.41. The number of aromatic nitrogens is 2. The molecule has 2 heterocycles. The fourth-order valence-electron chi connectivity index (χ4n) is 2.37. The molecule has 1 amide bonds. The average Bonchev–Trinajstić information content (AvgIpc) is 2.91. The number of rotatable bonds is 2. The van der Waals surface area contributed by atoms with Crippen molar-refractivity contribution in [1.82, 2.24) is 9.78 Å². The maximum Gasteiger partial charge on any atom is 0.276 e. The molecule has 5 nitrogen and oxygen atoms in total. The Morgan fingerprint density at radius 1 is 1.32 bits per heavy atom. The van der Waals surface area contributed by atoms with Crippen LogP contribution >= 0.6 is 0 Å². The van der Waals surface area contributed by atoms with Crippen LogP contribution in [-0.4, -0.2) is 33.9 Å². The van der Waals surface area contributed by atoms with Crippen molar-refractivity contribution in [2.75, 3.05) is 18.1 Å². The van der Waals surface area contributed by atoms with Gasteiger partial charge in [0.15, 0.2) is 0 Å². The number of carbonyl (C=O) groups excluding carboxylic acids is 1. The van der Waals surface area contributed by atoms with Crippen LogP contribution in [0.2, 0.25) is 0 Å². The molecule has 1 aliphatic rings. The van der Waals surface area contributed by atoms with Gasteiger partial charge in [-0.3, -0.25) is 9.48 Å². The van der Waals surface area contributed by atoms with Crippen LogP contribution in [0.15, 0.2) is 36.5 Å². The molecular formula is C14H15N3O2. The van der Waals surface area contributed by atoms with Gasteiger partial charge in [-0.25, -0.2) is 0 Å². The Bertz CT molecular complexity index is 603. The van der Waals surface area contributed by atoms with Crippen LogP contribution in [0.25, 0.3) is 0 Å². The second kappa shape index (κ2) is 4.51. The van der Waals surface area contributed by atoms with E-state index in [1.165, 1.54) is 0 Å². The predicted octanol–water partition coefficient (Wildman–Crippen LogP) is 1.39. The van der Waals surface area contributed by atoms with E-state index in [4.69, 9.17) is 0 Å². The second-order valence-corrected chi connectivity index (χ2v) is 4.75. The molecule has 0 aliphatic carbocycles. The molecule has 0 fully saturated rings. The summed E-state index contributed by atoms with van der Waals surface area (Å²) in [4.78, 5) is 14.1. The van der Waals surface area contributed by atoms with Crippen molar-refractivity contribution in [2.24, 2.45) is 0 Å². The number of fused-ring (bicyclic) bond motifs is 1. The van der Waals surface area contributed by atoms with Crippen LogP contribution < -0.4 is 4.90 Å². The summed E-state index contributed by atoms with van der Waals surface area (Å²) in [7, 11) is 0. The van der Waals surface area contributed by atoms with Gasteiger partial charge in [0.1, 0.15) is 5.69 Å². The smallest absolute Gasteiger partial charge is 0.276 e. The van der Waals surface area contributed by atoms with E-state index in [1.807, 2.05) is 31.2 Å². The summed E-state index contributed by atoms with van der Waals surface area (Å²) in [5, 5.41) is 13.6. The second-order valence-electron chi connectivity index (χ2n) is 4.75. The Balaban J connectivity index is 2.00. The monoisotopic (exact) mass is 257 g/mol. The first kappa shape index (κ1) is 11.9. The molecule has 1 aliphatic heterocycles. The van der Waals surface area contributed by atoms with Gasteiger partial charge in [0.05, 0.1) is 19.2 Å². The number of anilines is 1. The third kappa shape index (κ3) is 1.92. The van der Waals surface area contributed by atoms with Gasteiger partial charge in [-0.1, -0.05) is 17.7 Å². The number of hydrogen-bond acceptors (Lipinski definition) is 3. The predicted molar refractivity (Wildman–Crippen MR) is 71.2 cm³/mol. The van der Waals surface area contributed by atoms with E-state index >= 15 is 0 Å². The van der Waals surface area contributed by atoms with Crippen molar-refractivity contribution in [1.29, 1.82) is 0 Å². The maximum atomic E-state index is 12.4. The maximum absolute atomic E-state index is 12.4. The first-order valence-corrected chi connectivity index (χ1v) is 6.23. The molecule has 0 saturated carbocycles. The van der Waals surface area contributed by atoms with E-state index in [9.17, 15) is 9.90 Å². The van der Waals surface area contributed by atoms with Crippen molar-refractivity contribution in [3.05, 3.63) is 47.8 Å². The van der Waals surface area contributed by atoms with E-state index < -0.39 is 0 Å². The van der Waals surface area contributed by atoms with Crippen molar-refractivity contribution in [2.45, 2.75) is 13.0 Å². The van der Waals surface area contributed by atoms with Gasteiger partial charge >= 0.3 is 0 Å². The lowest BCUT2D eigenvalue weighted by molar-refractivity contribution is 0.0934. The number of nitrogens with zero attached hydrogens (tertiary/aromatic N) is 3. The number of carbonyl (C=O) groups is 1. The number of amides is 1. The quantitative estimate of drug-likeness (QED) is 0.884.